The molecule has 3 heterocycles. The zero-order valence-electron chi connectivity index (χ0n) is 18.5. The second-order valence-corrected chi connectivity index (χ2v) is 9.88. The lowest BCUT2D eigenvalue weighted by Crippen LogP contribution is -2.68. The Morgan fingerprint density at radius 3 is 2.77 bits per heavy atom. The van der Waals surface area contributed by atoms with Crippen molar-refractivity contribution in [2.45, 2.75) is 68.4 Å². The van der Waals surface area contributed by atoms with Gasteiger partial charge in [0.1, 0.15) is 17.8 Å². The standard InChI is InChI=1S/C22H23F4N7O2/c23-14-3-12(4-17(14)35-20(34)29-21-7-11(8-21)9-21)15-6-18(31-30-15)28-19-16-5-13(10-22(24,25)26)32-33(16)2-1-27-19/h1-2,5-6,11-12,14,17H,3-4,7-10H2,(H,29,34)(H2,27,28,30,31)/t11?,12-,14+,17-,21?/m0/s1. The van der Waals surface area contributed by atoms with Crippen LogP contribution in [0.25, 0.3) is 5.52 Å². The molecule has 1 amide bonds. The molecule has 0 aliphatic heterocycles. The summed E-state index contributed by atoms with van der Waals surface area (Å²) in [6.07, 6.45) is -1.88. The highest BCUT2D eigenvalue weighted by Gasteiger charge is 2.58. The highest BCUT2D eigenvalue weighted by Crippen LogP contribution is 2.57. The zero-order chi connectivity index (χ0) is 24.4. The van der Waals surface area contributed by atoms with Gasteiger partial charge in [0, 0.05) is 35.6 Å². The first-order chi connectivity index (χ1) is 16.6. The number of ether oxygens (including phenoxy) is 1. The van der Waals surface area contributed by atoms with Gasteiger partial charge in [0.2, 0.25) is 0 Å². The Morgan fingerprint density at radius 1 is 1.26 bits per heavy atom. The molecule has 3 N–H and O–H groups in total. The van der Waals surface area contributed by atoms with E-state index in [9.17, 15) is 22.4 Å². The number of H-pyrrole nitrogens is 1. The molecule has 0 unspecified atom stereocenters. The summed E-state index contributed by atoms with van der Waals surface area (Å²) >= 11 is 0. The van der Waals surface area contributed by atoms with E-state index in [4.69, 9.17) is 4.74 Å². The molecule has 0 radical (unpaired) electrons. The van der Waals surface area contributed by atoms with E-state index in [-0.39, 0.29) is 29.4 Å². The minimum Gasteiger partial charge on any atom is -0.443 e. The molecule has 3 atom stereocenters. The average molecular weight is 493 g/mol. The number of anilines is 2. The Balaban J connectivity index is 1.10. The topological polar surface area (TPSA) is 109 Å². The Morgan fingerprint density at radius 2 is 2.06 bits per heavy atom. The third-order valence-corrected chi connectivity index (χ3v) is 7.20. The van der Waals surface area contributed by atoms with Crippen molar-refractivity contribution >= 4 is 23.2 Å². The molecule has 0 aromatic carbocycles. The van der Waals surface area contributed by atoms with Gasteiger partial charge in [0.05, 0.1) is 12.1 Å². The van der Waals surface area contributed by atoms with Crippen LogP contribution in [0.15, 0.2) is 24.5 Å². The lowest BCUT2D eigenvalue weighted by Gasteiger charge is -2.61. The van der Waals surface area contributed by atoms with Gasteiger partial charge in [0.25, 0.3) is 0 Å². The van der Waals surface area contributed by atoms with Crippen LogP contribution in [0, 0.1) is 5.92 Å². The summed E-state index contributed by atoms with van der Waals surface area (Å²) in [5, 5.41) is 16.9. The molecule has 2 bridgehead atoms. The maximum Gasteiger partial charge on any atom is 0.407 e. The van der Waals surface area contributed by atoms with Gasteiger partial charge in [-0.3, -0.25) is 5.10 Å². The molecule has 4 aliphatic carbocycles. The summed E-state index contributed by atoms with van der Waals surface area (Å²) in [5.41, 5.74) is 0.777. The van der Waals surface area contributed by atoms with Gasteiger partial charge in [-0.05, 0) is 44.1 Å². The molecule has 7 rings (SSSR count). The number of hydrogen-bond donors (Lipinski definition) is 3. The van der Waals surface area contributed by atoms with Crippen molar-refractivity contribution in [2.75, 3.05) is 5.32 Å². The fraction of sp³-hybridized carbons (Fsp3) is 0.545. The highest BCUT2D eigenvalue weighted by molar-refractivity contribution is 5.72. The van der Waals surface area contributed by atoms with Gasteiger partial charge < -0.3 is 15.4 Å². The first kappa shape index (κ1) is 22.1. The van der Waals surface area contributed by atoms with Gasteiger partial charge in [-0.15, -0.1) is 0 Å². The Bertz CT molecular complexity index is 1260. The van der Waals surface area contributed by atoms with Crippen molar-refractivity contribution in [1.29, 1.82) is 0 Å². The van der Waals surface area contributed by atoms with E-state index < -0.39 is 31.0 Å². The number of nitrogens with zero attached hydrogens (tertiary/aromatic N) is 4. The highest BCUT2D eigenvalue weighted by atomic mass is 19.4. The summed E-state index contributed by atoms with van der Waals surface area (Å²) in [4.78, 5) is 16.4. The summed E-state index contributed by atoms with van der Waals surface area (Å²) in [6.45, 7) is 0. The van der Waals surface area contributed by atoms with Crippen LogP contribution in [0.3, 0.4) is 0 Å². The minimum atomic E-state index is -4.37. The molecule has 4 fully saturated rings. The number of carbonyl (C=O) groups excluding carboxylic acids is 1. The first-order valence-electron chi connectivity index (χ1n) is 11.5. The predicted molar refractivity (Wildman–Crippen MR) is 115 cm³/mol. The van der Waals surface area contributed by atoms with E-state index in [0.29, 0.717) is 29.4 Å². The third kappa shape index (κ3) is 4.27. The fourth-order valence-corrected chi connectivity index (χ4v) is 5.43. The normalized spacial score (nSPS) is 29.5. The molecule has 4 saturated carbocycles. The number of aromatic nitrogens is 5. The van der Waals surface area contributed by atoms with Crippen molar-refractivity contribution in [3.8, 4) is 0 Å². The Kier molecular flexibility index (Phi) is 4.94. The largest absolute Gasteiger partial charge is 0.443 e. The quantitative estimate of drug-likeness (QED) is 0.445. The van der Waals surface area contributed by atoms with Crippen LogP contribution in [-0.4, -0.2) is 54.9 Å². The first-order valence-corrected chi connectivity index (χ1v) is 11.5. The van der Waals surface area contributed by atoms with E-state index >= 15 is 0 Å². The van der Waals surface area contributed by atoms with E-state index in [2.05, 4.69) is 30.9 Å². The van der Waals surface area contributed by atoms with Gasteiger partial charge in [0.15, 0.2) is 11.6 Å². The molecule has 9 nitrogen and oxygen atoms in total. The molecule has 13 heteroatoms. The summed E-state index contributed by atoms with van der Waals surface area (Å²) in [6, 6.07) is 3.01. The second-order valence-electron chi connectivity index (χ2n) is 9.88. The van der Waals surface area contributed by atoms with Crippen LogP contribution in [-0.2, 0) is 11.2 Å². The summed E-state index contributed by atoms with van der Waals surface area (Å²) in [5.74, 6) is 1.15. The third-order valence-electron chi connectivity index (χ3n) is 7.20. The van der Waals surface area contributed by atoms with Crippen molar-refractivity contribution in [3.63, 3.8) is 0 Å². The number of fused-ring (bicyclic) bond motifs is 1. The number of aromatic amines is 1. The lowest BCUT2D eigenvalue weighted by atomic mass is 9.50. The number of nitrogens with one attached hydrogen (secondary N) is 3. The Labute approximate surface area is 196 Å². The molecule has 186 valence electrons. The lowest BCUT2D eigenvalue weighted by molar-refractivity contribution is -0.127. The van der Waals surface area contributed by atoms with Crippen LogP contribution in [0.4, 0.5) is 34.0 Å². The van der Waals surface area contributed by atoms with Gasteiger partial charge >= 0.3 is 12.3 Å². The van der Waals surface area contributed by atoms with Crippen LogP contribution in [0.5, 0.6) is 0 Å². The predicted octanol–water partition coefficient (Wildman–Crippen LogP) is 4.16. The van der Waals surface area contributed by atoms with Gasteiger partial charge in [-0.25, -0.2) is 18.7 Å². The monoisotopic (exact) mass is 493 g/mol. The molecule has 4 aliphatic rings. The number of amides is 1. The average Bonchev–Trinajstić information content (AvgIpc) is 3.42. The van der Waals surface area contributed by atoms with Crippen LogP contribution < -0.4 is 10.6 Å². The van der Waals surface area contributed by atoms with Crippen molar-refractivity contribution < 1.29 is 27.1 Å². The molecule has 3 aromatic rings. The number of rotatable bonds is 6. The van der Waals surface area contributed by atoms with E-state index in [0.717, 1.165) is 19.3 Å². The number of alkyl halides is 4. The van der Waals surface area contributed by atoms with E-state index in [1.165, 1.54) is 23.0 Å². The molecule has 0 spiro atoms. The smallest absolute Gasteiger partial charge is 0.407 e. The molecule has 3 aromatic heterocycles. The van der Waals surface area contributed by atoms with Crippen molar-refractivity contribution in [3.05, 3.63) is 35.9 Å². The van der Waals surface area contributed by atoms with Gasteiger partial charge in [-0.2, -0.15) is 23.4 Å². The molecular weight excluding hydrogens is 470 g/mol. The van der Waals surface area contributed by atoms with E-state index in [1.807, 2.05) is 0 Å². The Hall–Kier alpha value is -3.38. The number of alkyl carbamates (subject to hydrolysis) is 1. The van der Waals surface area contributed by atoms with Crippen molar-refractivity contribution in [2.24, 2.45) is 5.92 Å². The zero-order valence-corrected chi connectivity index (χ0v) is 18.5. The summed E-state index contributed by atoms with van der Waals surface area (Å²) < 4.78 is 59.5. The van der Waals surface area contributed by atoms with Crippen LogP contribution >= 0.6 is 0 Å². The molecule has 0 saturated heterocycles. The van der Waals surface area contributed by atoms with Crippen LogP contribution in [0.2, 0.25) is 0 Å². The number of hydrogen-bond acceptors (Lipinski definition) is 6. The fourth-order valence-electron chi connectivity index (χ4n) is 5.43. The van der Waals surface area contributed by atoms with Crippen LogP contribution in [0.1, 0.15) is 49.4 Å². The van der Waals surface area contributed by atoms with Crippen molar-refractivity contribution in [1.82, 2.24) is 30.1 Å². The minimum absolute atomic E-state index is 0.125. The number of carbonyl (C=O) groups is 1. The maximum absolute atomic E-state index is 14.6. The molecular formula is C22H23F4N7O2. The SMILES string of the molecule is O=C(NC12CC(C1)C2)O[C@H]1C[C@@H](c2cc(Nc3nccn4nc(CC(F)(F)F)cc34)n[nH]2)C[C@H]1F. The molecule has 35 heavy (non-hydrogen) atoms. The number of halogens is 4. The van der Waals surface area contributed by atoms with E-state index in [1.54, 1.807) is 6.07 Å². The maximum atomic E-state index is 14.6. The van der Waals surface area contributed by atoms with Gasteiger partial charge in [-0.1, -0.05) is 0 Å². The second kappa shape index (κ2) is 7.82. The summed E-state index contributed by atoms with van der Waals surface area (Å²) in [7, 11) is 0.